The molecular weight excluding hydrogens is 436 g/mol. The Bertz CT molecular complexity index is 1200. The molecule has 6 rings (SSSR count). The molecule has 5 aliphatic rings. The van der Waals surface area contributed by atoms with E-state index in [0.29, 0.717) is 13.0 Å². The first-order chi connectivity index (χ1) is 17.0. The van der Waals surface area contributed by atoms with Crippen LogP contribution < -0.4 is 10.6 Å². The van der Waals surface area contributed by atoms with Gasteiger partial charge in [0.15, 0.2) is 0 Å². The van der Waals surface area contributed by atoms with Crippen LogP contribution in [0.3, 0.4) is 0 Å². The van der Waals surface area contributed by atoms with Gasteiger partial charge in [-0.15, -0.1) is 0 Å². The predicted molar refractivity (Wildman–Crippen MR) is 138 cm³/mol. The van der Waals surface area contributed by atoms with Crippen LogP contribution in [0.25, 0.3) is 6.08 Å². The molecule has 0 bridgehead atoms. The summed E-state index contributed by atoms with van der Waals surface area (Å²) in [4.78, 5) is 33.1. The molecule has 6 heteroatoms. The molecule has 35 heavy (non-hydrogen) atoms. The number of nitrogens with zero attached hydrogens (tertiary/aromatic N) is 2. The zero-order chi connectivity index (χ0) is 24.0. The SMILES string of the molecule is CCC1=NC2(CCCCCC2)N(C/C=C/c2ccc3c(c2)CC2(C3)C(=O)NC3=C2C=CCN3)C1=O. The Labute approximate surface area is 207 Å². The number of benzene rings is 1. The number of amides is 2. The number of aliphatic imine (C=N–C) groups is 1. The first-order valence-corrected chi connectivity index (χ1v) is 13.2. The van der Waals surface area contributed by atoms with Gasteiger partial charge in [0.05, 0.1) is 5.41 Å². The Balaban J connectivity index is 1.20. The molecular formula is C29H34N4O2. The van der Waals surface area contributed by atoms with Gasteiger partial charge >= 0.3 is 0 Å². The third-order valence-corrected chi connectivity index (χ3v) is 8.53. The van der Waals surface area contributed by atoms with Gasteiger partial charge in [0.1, 0.15) is 17.2 Å². The molecule has 3 heterocycles. The summed E-state index contributed by atoms with van der Waals surface area (Å²) < 4.78 is 0. The summed E-state index contributed by atoms with van der Waals surface area (Å²) in [5.74, 6) is 1.09. The van der Waals surface area contributed by atoms with Crippen molar-refractivity contribution in [3.8, 4) is 0 Å². The normalized spacial score (nSPS) is 26.9. The fraction of sp³-hybridized carbons (Fsp3) is 0.483. The molecule has 6 nitrogen and oxygen atoms in total. The van der Waals surface area contributed by atoms with Crippen molar-refractivity contribution in [1.29, 1.82) is 0 Å². The van der Waals surface area contributed by atoms with E-state index in [4.69, 9.17) is 4.99 Å². The second-order valence-electron chi connectivity index (χ2n) is 10.6. The summed E-state index contributed by atoms with van der Waals surface area (Å²) in [7, 11) is 0. The van der Waals surface area contributed by atoms with Crippen molar-refractivity contribution in [2.75, 3.05) is 13.1 Å². The van der Waals surface area contributed by atoms with Crippen LogP contribution in [0.2, 0.25) is 0 Å². The minimum Gasteiger partial charge on any atom is -0.368 e. The summed E-state index contributed by atoms with van der Waals surface area (Å²) in [6, 6.07) is 6.52. The van der Waals surface area contributed by atoms with Gasteiger partial charge in [0.2, 0.25) is 5.91 Å². The third kappa shape index (κ3) is 3.57. The molecule has 1 aromatic rings. The van der Waals surface area contributed by atoms with Gasteiger partial charge in [0.25, 0.3) is 5.91 Å². The predicted octanol–water partition coefficient (Wildman–Crippen LogP) is 4.03. The summed E-state index contributed by atoms with van der Waals surface area (Å²) in [6.45, 7) is 3.37. The molecule has 1 saturated carbocycles. The molecule has 182 valence electrons. The number of fused-ring (bicyclic) bond motifs is 2. The quantitative estimate of drug-likeness (QED) is 0.698. The number of hydrogen-bond donors (Lipinski definition) is 2. The first kappa shape index (κ1) is 22.3. The standard InChI is InChI=1S/C29H34N4O2/c1-2-24-26(34)33(29(32-24)13-5-3-4-6-14-29)16-8-9-20-11-12-21-18-28(19-22(21)17-20)23-10-7-15-30-25(23)31-27(28)35/h7-12,17,30H,2-6,13-16,18-19H2,1H3,(H,31,35)/b9-8+. The van der Waals surface area contributed by atoms with Crippen molar-refractivity contribution in [3.05, 3.63) is 64.5 Å². The number of hydrogen-bond acceptors (Lipinski definition) is 4. The van der Waals surface area contributed by atoms with E-state index in [1.165, 1.54) is 24.0 Å². The Morgan fingerprint density at radius 3 is 2.69 bits per heavy atom. The maximum absolute atomic E-state index is 13.1. The molecule has 2 N–H and O–H groups in total. The average molecular weight is 471 g/mol. The lowest BCUT2D eigenvalue weighted by atomic mass is 9.78. The zero-order valence-corrected chi connectivity index (χ0v) is 20.5. The van der Waals surface area contributed by atoms with Gasteiger partial charge in [-0.2, -0.15) is 0 Å². The van der Waals surface area contributed by atoms with E-state index in [0.717, 1.165) is 67.7 Å². The van der Waals surface area contributed by atoms with Gasteiger partial charge in [0, 0.05) is 18.7 Å². The second-order valence-corrected chi connectivity index (χ2v) is 10.6. The second kappa shape index (κ2) is 8.51. The number of dihydropyridines is 1. The van der Waals surface area contributed by atoms with Gasteiger partial charge in [-0.05, 0) is 61.6 Å². The van der Waals surface area contributed by atoms with Crippen LogP contribution in [0.15, 0.2) is 52.8 Å². The van der Waals surface area contributed by atoms with Crippen LogP contribution in [0.1, 0.15) is 68.6 Å². The van der Waals surface area contributed by atoms with Gasteiger partial charge in [-0.25, -0.2) is 0 Å². The zero-order valence-electron chi connectivity index (χ0n) is 20.5. The summed E-state index contributed by atoms with van der Waals surface area (Å²) in [6.07, 6.45) is 17.3. The number of rotatable bonds is 4. The lowest BCUT2D eigenvalue weighted by Crippen LogP contribution is -2.46. The maximum atomic E-state index is 13.1. The highest BCUT2D eigenvalue weighted by Gasteiger charge is 2.51. The molecule has 2 amide bonds. The molecule has 2 spiro atoms. The topological polar surface area (TPSA) is 73.8 Å². The van der Waals surface area contributed by atoms with E-state index in [-0.39, 0.29) is 17.5 Å². The smallest absolute Gasteiger partial charge is 0.270 e. The van der Waals surface area contributed by atoms with E-state index in [9.17, 15) is 9.59 Å². The molecule has 0 radical (unpaired) electrons. The van der Waals surface area contributed by atoms with Crippen LogP contribution in [0.4, 0.5) is 0 Å². The van der Waals surface area contributed by atoms with Crippen LogP contribution in [0.5, 0.6) is 0 Å². The highest BCUT2D eigenvalue weighted by Crippen LogP contribution is 2.47. The molecule has 1 fully saturated rings. The van der Waals surface area contributed by atoms with E-state index >= 15 is 0 Å². The average Bonchev–Trinajstić information content (AvgIpc) is 3.38. The Morgan fingerprint density at radius 1 is 1.09 bits per heavy atom. The van der Waals surface area contributed by atoms with Crippen molar-refractivity contribution < 1.29 is 9.59 Å². The summed E-state index contributed by atoms with van der Waals surface area (Å²) >= 11 is 0. The molecule has 1 aromatic carbocycles. The number of allylic oxidation sites excluding steroid dienone is 1. The lowest BCUT2D eigenvalue weighted by molar-refractivity contribution is -0.128. The van der Waals surface area contributed by atoms with Gasteiger partial charge in [-0.1, -0.05) is 62.3 Å². The molecule has 1 unspecified atom stereocenters. The molecule has 2 aliphatic carbocycles. The van der Waals surface area contributed by atoms with E-state index < -0.39 is 5.41 Å². The third-order valence-electron chi connectivity index (χ3n) is 8.53. The van der Waals surface area contributed by atoms with Crippen LogP contribution in [-0.4, -0.2) is 41.2 Å². The van der Waals surface area contributed by atoms with Crippen molar-refractivity contribution in [1.82, 2.24) is 15.5 Å². The largest absolute Gasteiger partial charge is 0.368 e. The molecule has 0 aromatic heterocycles. The Hall–Kier alpha value is -3.15. The Kier molecular flexibility index (Phi) is 5.42. The minimum atomic E-state index is -0.494. The molecule has 3 aliphatic heterocycles. The number of nitrogens with one attached hydrogen (secondary N) is 2. The van der Waals surface area contributed by atoms with Crippen molar-refractivity contribution in [3.63, 3.8) is 0 Å². The van der Waals surface area contributed by atoms with Gasteiger partial charge < -0.3 is 15.5 Å². The lowest BCUT2D eigenvalue weighted by Gasteiger charge is -2.35. The Morgan fingerprint density at radius 2 is 1.89 bits per heavy atom. The monoisotopic (exact) mass is 470 g/mol. The van der Waals surface area contributed by atoms with Crippen molar-refractivity contribution in [2.45, 2.75) is 70.4 Å². The molecule has 1 atom stereocenters. The van der Waals surface area contributed by atoms with Crippen LogP contribution in [-0.2, 0) is 22.4 Å². The minimum absolute atomic E-state index is 0.0998. The first-order valence-electron chi connectivity index (χ1n) is 13.2. The fourth-order valence-electron chi connectivity index (χ4n) is 6.69. The van der Waals surface area contributed by atoms with E-state index in [1.807, 2.05) is 11.8 Å². The highest BCUT2D eigenvalue weighted by molar-refractivity contribution is 6.40. The number of carbonyl (C=O) groups excluding carboxylic acids is 2. The maximum Gasteiger partial charge on any atom is 0.270 e. The fourth-order valence-corrected chi connectivity index (χ4v) is 6.69. The summed E-state index contributed by atoms with van der Waals surface area (Å²) in [5.41, 5.74) is 4.60. The van der Waals surface area contributed by atoms with Gasteiger partial charge in [-0.3, -0.25) is 14.6 Å². The summed E-state index contributed by atoms with van der Waals surface area (Å²) in [5, 5.41) is 6.37. The van der Waals surface area contributed by atoms with E-state index in [1.54, 1.807) is 0 Å². The van der Waals surface area contributed by atoms with Crippen LogP contribution in [0, 0.1) is 5.41 Å². The number of carbonyl (C=O) groups is 2. The molecule has 0 saturated heterocycles. The van der Waals surface area contributed by atoms with Crippen molar-refractivity contribution in [2.24, 2.45) is 10.4 Å². The highest BCUT2D eigenvalue weighted by atomic mass is 16.2. The van der Waals surface area contributed by atoms with Crippen LogP contribution >= 0.6 is 0 Å². The van der Waals surface area contributed by atoms with E-state index in [2.05, 4.69) is 53.1 Å². The van der Waals surface area contributed by atoms with Crippen molar-refractivity contribution >= 4 is 23.6 Å².